The van der Waals surface area contributed by atoms with Crippen LogP contribution in [0.5, 0.6) is 0 Å². The van der Waals surface area contributed by atoms with Crippen molar-refractivity contribution in [2.45, 2.75) is 13.5 Å². The van der Waals surface area contributed by atoms with Gasteiger partial charge in [0.25, 0.3) is 5.91 Å². The average molecular weight is 292 g/mol. The van der Waals surface area contributed by atoms with Crippen molar-refractivity contribution in [3.05, 3.63) is 28.0 Å². The summed E-state index contributed by atoms with van der Waals surface area (Å²) in [4.78, 5) is 20.7. The second kappa shape index (κ2) is 5.68. The Balaban J connectivity index is 1.53. The van der Waals surface area contributed by atoms with E-state index in [9.17, 15) is 4.79 Å². The van der Waals surface area contributed by atoms with Gasteiger partial charge in [0, 0.05) is 38.1 Å². The van der Waals surface area contributed by atoms with Crippen molar-refractivity contribution in [2.24, 2.45) is 0 Å². The monoisotopic (exact) mass is 292 g/mol. The number of rotatable bonds is 3. The molecule has 1 saturated heterocycles. The molecule has 1 amide bonds. The van der Waals surface area contributed by atoms with Crippen LogP contribution in [0.2, 0.25) is 0 Å². The second-order valence-corrected chi connectivity index (χ2v) is 5.84. The molecule has 0 bridgehead atoms. The third kappa shape index (κ3) is 2.86. The van der Waals surface area contributed by atoms with Gasteiger partial charge < -0.3 is 4.90 Å². The predicted octanol–water partition coefficient (Wildman–Crippen LogP) is 0.528. The van der Waals surface area contributed by atoms with Crippen molar-refractivity contribution in [1.82, 2.24) is 30.2 Å². The molecule has 2 aromatic rings. The van der Waals surface area contributed by atoms with E-state index >= 15 is 0 Å². The van der Waals surface area contributed by atoms with Crippen LogP contribution in [-0.2, 0) is 6.54 Å². The number of thiazole rings is 1. The molecule has 2 aromatic heterocycles. The number of carbonyl (C=O) groups excluding carboxylic acids is 1. The smallest absolute Gasteiger partial charge is 0.276 e. The van der Waals surface area contributed by atoms with Crippen LogP contribution in [0, 0.1) is 6.92 Å². The van der Waals surface area contributed by atoms with Crippen molar-refractivity contribution in [3.63, 3.8) is 0 Å². The number of aromatic amines is 1. The maximum Gasteiger partial charge on any atom is 0.276 e. The number of nitrogens with zero attached hydrogens (tertiary/aromatic N) is 5. The van der Waals surface area contributed by atoms with Crippen LogP contribution in [0.3, 0.4) is 0 Å². The molecule has 0 spiro atoms. The van der Waals surface area contributed by atoms with E-state index in [4.69, 9.17) is 0 Å². The van der Waals surface area contributed by atoms with E-state index in [0.717, 1.165) is 43.4 Å². The molecule has 0 atom stereocenters. The van der Waals surface area contributed by atoms with E-state index < -0.39 is 0 Å². The Bertz CT molecular complexity index is 573. The maximum atomic E-state index is 12.1. The van der Waals surface area contributed by atoms with Crippen LogP contribution in [0.15, 0.2) is 11.6 Å². The van der Waals surface area contributed by atoms with Crippen LogP contribution >= 0.6 is 11.3 Å². The van der Waals surface area contributed by atoms with Crippen molar-refractivity contribution in [2.75, 3.05) is 26.2 Å². The molecule has 0 saturated carbocycles. The first-order valence-corrected chi connectivity index (χ1v) is 7.39. The summed E-state index contributed by atoms with van der Waals surface area (Å²) in [6, 6.07) is 0. The van der Waals surface area contributed by atoms with Gasteiger partial charge in [-0.05, 0) is 6.92 Å². The zero-order valence-electron chi connectivity index (χ0n) is 11.2. The first kappa shape index (κ1) is 13.2. The third-order valence-electron chi connectivity index (χ3n) is 3.35. The fourth-order valence-electron chi connectivity index (χ4n) is 2.29. The lowest BCUT2D eigenvalue weighted by molar-refractivity contribution is 0.0621. The molecular weight excluding hydrogens is 276 g/mol. The highest BCUT2D eigenvalue weighted by molar-refractivity contribution is 7.09. The van der Waals surface area contributed by atoms with Crippen molar-refractivity contribution in [3.8, 4) is 0 Å². The minimum atomic E-state index is -0.0529. The van der Waals surface area contributed by atoms with Gasteiger partial charge in [0.2, 0.25) is 0 Å². The topological polar surface area (TPSA) is 78.0 Å². The van der Waals surface area contributed by atoms with Crippen LogP contribution in [0.25, 0.3) is 0 Å². The maximum absolute atomic E-state index is 12.1. The van der Waals surface area contributed by atoms with Gasteiger partial charge in [0.1, 0.15) is 0 Å². The molecular formula is C12H16N6OS. The van der Waals surface area contributed by atoms with E-state index in [2.05, 4.69) is 30.7 Å². The van der Waals surface area contributed by atoms with Crippen LogP contribution < -0.4 is 0 Å². The summed E-state index contributed by atoms with van der Waals surface area (Å²) in [5.41, 5.74) is 1.50. The normalized spacial score (nSPS) is 16.6. The summed E-state index contributed by atoms with van der Waals surface area (Å²) in [5.74, 6) is -0.0529. The fourth-order valence-corrected chi connectivity index (χ4v) is 2.89. The molecule has 8 heteroatoms. The summed E-state index contributed by atoms with van der Waals surface area (Å²) < 4.78 is 0. The third-order valence-corrected chi connectivity index (χ3v) is 4.17. The molecule has 0 unspecified atom stereocenters. The van der Waals surface area contributed by atoms with E-state index in [1.807, 2.05) is 11.8 Å². The summed E-state index contributed by atoms with van der Waals surface area (Å²) in [6.45, 7) is 6.03. The van der Waals surface area contributed by atoms with E-state index in [1.54, 1.807) is 11.3 Å². The summed E-state index contributed by atoms with van der Waals surface area (Å²) >= 11 is 1.68. The molecule has 0 radical (unpaired) electrons. The highest BCUT2D eigenvalue weighted by atomic mass is 32.1. The quantitative estimate of drug-likeness (QED) is 0.892. The zero-order chi connectivity index (χ0) is 13.9. The van der Waals surface area contributed by atoms with Crippen LogP contribution in [0.4, 0.5) is 0 Å². The standard InChI is InChI=1S/C12H16N6OS/c1-9-14-10(8-20-9)7-17-2-4-18(5-3-17)12(19)11-6-13-16-15-11/h6,8H,2-5,7H2,1H3,(H,13,15,16). The minimum absolute atomic E-state index is 0.0529. The number of H-pyrrole nitrogens is 1. The van der Waals surface area contributed by atoms with E-state index in [-0.39, 0.29) is 5.91 Å². The first-order valence-electron chi connectivity index (χ1n) is 6.51. The van der Waals surface area contributed by atoms with Crippen molar-refractivity contribution >= 4 is 17.2 Å². The van der Waals surface area contributed by atoms with E-state index in [0.29, 0.717) is 5.69 Å². The van der Waals surface area contributed by atoms with Crippen molar-refractivity contribution in [1.29, 1.82) is 0 Å². The first-order chi connectivity index (χ1) is 9.72. The largest absolute Gasteiger partial charge is 0.335 e. The van der Waals surface area contributed by atoms with Gasteiger partial charge in [-0.1, -0.05) is 0 Å². The molecule has 106 valence electrons. The van der Waals surface area contributed by atoms with Gasteiger partial charge in [-0.25, -0.2) is 4.98 Å². The van der Waals surface area contributed by atoms with Gasteiger partial charge in [0.15, 0.2) is 5.69 Å². The number of amides is 1. The van der Waals surface area contributed by atoms with Gasteiger partial charge >= 0.3 is 0 Å². The number of hydrogen-bond donors (Lipinski definition) is 1. The molecule has 20 heavy (non-hydrogen) atoms. The van der Waals surface area contributed by atoms with Crippen LogP contribution in [0.1, 0.15) is 21.2 Å². The zero-order valence-corrected chi connectivity index (χ0v) is 12.1. The Kier molecular flexibility index (Phi) is 3.75. The van der Waals surface area contributed by atoms with E-state index in [1.165, 1.54) is 6.20 Å². The molecule has 1 fully saturated rings. The molecule has 3 heterocycles. The summed E-state index contributed by atoms with van der Waals surface area (Å²) in [6.07, 6.45) is 1.47. The lowest BCUT2D eigenvalue weighted by Crippen LogP contribution is -2.48. The second-order valence-electron chi connectivity index (χ2n) is 4.78. The lowest BCUT2D eigenvalue weighted by atomic mass is 10.2. The molecule has 0 aromatic carbocycles. The number of carbonyl (C=O) groups is 1. The van der Waals surface area contributed by atoms with Gasteiger partial charge in [0.05, 0.1) is 16.9 Å². The van der Waals surface area contributed by atoms with Gasteiger partial charge in [-0.2, -0.15) is 15.4 Å². The molecule has 1 aliphatic rings. The van der Waals surface area contributed by atoms with Crippen LogP contribution in [-0.4, -0.2) is 62.3 Å². The highest BCUT2D eigenvalue weighted by Crippen LogP contribution is 2.13. The molecule has 1 aliphatic heterocycles. The number of aromatic nitrogens is 4. The molecule has 1 N–H and O–H groups in total. The highest BCUT2D eigenvalue weighted by Gasteiger charge is 2.23. The number of hydrogen-bond acceptors (Lipinski definition) is 6. The number of nitrogens with one attached hydrogen (secondary N) is 1. The Hall–Kier alpha value is -1.80. The van der Waals surface area contributed by atoms with Gasteiger partial charge in [-0.15, -0.1) is 11.3 Å². The predicted molar refractivity (Wildman–Crippen MR) is 74.4 cm³/mol. The minimum Gasteiger partial charge on any atom is -0.335 e. The Morgan fingerprint density at radius 1 is 1.40 bits per heavy atom. The average Bonchev–Trinajstić information content (AvgIpc) is 3.11. The summed E-state index contributed by atoms with van der Waals surface area (Å²) in [7, 11) is 0. The van der Waals surface area contributed by atoms with Crippen molar-refractivity contribution < 1.29 is 4.79 Å². The Morgan fingerprint density at radius 3 is 2.80 bits per heavy atom. The number of piperazine rings is 1. The Labute approximate surface area is 120 Å². The SMILES string of the molecule is Cc1nc(CN2CCN(C(=O)c3cn[nH]n3)CC2)cs1. The molecule has 0 aliphatic carbocycles. The summed E-state index contributed by atoms with van der Waals surface area (Å²) in [5, 5.41) is 13.2. The molecule has 7 nitrogen and oxygen atoms in total. The van der Waals surface area contributed by atoms with Gasteiger partial charge in [-0.3, -0.25) is 9.69 Å². The lowest BCUT2D eigenvalue weighted by Gasteiger charge is -2.33. The Morgan fingerprint density at radius 2 is 2.20 bits per heavy atom. The molecule has 3 rings (SSSR count). The number of aryl methyl sites for hydroxylation is 1. The fraction of sp³-hybridized carbons (Fsp3) is 0.500.